The zero-order chi connectivity index (χ0) is 14.2. The van der Waals surface area contributed by atoms with Crippen molar-refractivity contribution in [3.05, 3.63) is 71.3 Å². The van der Waals surface area contributed by atoms with Gasteiger partial charge in [0.2, 0.25) is 0 Å². The van der Waals surface area contributed by atoms with Gasteiger partial charge >= 0.3 is 0 Å². The molecule has 0 saturated heterocycles. The Balaban J connectivity index is 1.88. The van der Waals surface area contributed by atoms with Gasteiger partial charge in [-0.2, -0.15) is 0 Å². The van der Waals surface area contributed by atoms with Crippen molar-refractivity contribution in [2.45, 2.75) is 25.0 Å². The van der Waals surface area contributed by atoms with Crippen LogP contribution in [0.4, 0.5) is 0 Å². The van der Waals surface area contributed by atoms with Gasteiger partial charge in [-0.1, -0.05) is 48.5 Å². The van der Waals surface area contributed by atoms with E-state index in [1.165, 1.54) is 0 Å². The highest BCUT2D eigenvalue weighted by Crippen LogP contribution is 2.35. The van der Waals surface area contributed by atoms with Crippen LogP contribution in [0.1, 0.15) is 40.9 Å². The lowest BCUT2D eigenvalue weighted by Crippen LogP contribution is -2.29. The van der Waals surface area contributed by atoms with E-state index in [1.54, 1.807) is 6.92 Å². The first-order valence-corrected chi connectivity index (χ1v) is 6.75. The Bertz CT molecular complexity index is 634. The van der Waals surface area contributed by atoms with Crippen LogP contribution in [0.2, 0.25) is 0 Å². The molecule has 0 bridgehead atoms. The van der Waals surface area contributed by atoms with Gasteiger partial charge in [-0.15, -0.1) is 0 Å². The Labute approximate surface area is 118 Å². The number of rotatable bonds is 3. The van der Waals surface area contributed by atoms with E-state index in [0.717, 1.165) is 11.1 Å². The molecular formula is C17H17NO2. The fourth-order valence-corrected chi connectivity index (χ4v) is 2.79. The molecule has 2 aromatic rings. The Morgan fingerprint density at radius 3 is 2.50 bits per heavy atom. The van der Waals surface area contributed by atoms with E-state index in [2.05, 4.69) is 5.32 Å². The van der Waals surface area contributed by atoms with Gasteiger partial charge in [0.05, 0.1) is 11.6 Å². The molecule has 0 saturated carbocycles. The maximum atomic E-state index is 11.9. The van der Waals surface area contributed by atoms with Crippen LogP contribution in [-0.4, -0.2) is 11.0 Å². The standard InChI is InChI=1S/C17H17NO2/c1-17(20,12-7-3-2-4-8-12)11-15-13-9-5-6-10-14(13)16(19)18-15/h2-10,15,20H,11H2,1H3,(H,18,19). The van der Waals surface area contributed by atoms with Gasteiger partial charge in [-0.05, 0) is 24.1 Å². The molecule has 0 aliphatic carbocycles. The summed E-state index contributed by atoms with van der Waals surface area (Å²) in [5.74, 6) is -0.0607. The summed E-state index contributed by atoms with van der Waals surface area (Å²) in [6.07, 6.45) is 0.458. The molecule has 3 nitrogen and oxygen atoms in total. The lowest BCUT2D eigenvalue weighted by atomic mass is 9.87. The topological polar surface area (TPSA) is 49.3 Å². The highest BCUT2D eigenvalue weighted by molar-refractivity contribution is 5.99. The van der Waals surface area contributed by atoms with Gasteiger partial charge in [0.1, 0.15) is 0 Å². The largest absolute Gasteiger partial charge is 0.385 e. The second kappa shape index (κ2) is 4.76. The van der Waals surface area contributed by atoms with Crippen molar-refractivity contribution < 1.29 is 9.90 Å². The fraction of sp³-hybridized carbons (Fsp3) is 0.235. The highest BCUT2D eigenvalue weighted by atomic mass is 16.3. The Hall–Kier alpha value is -2.13. The summed E-state index contributed by atoms with van der Waals surface area (Å²) in [7, 11) is 0. The van der Waals surface area contributed by atoms with Crippen molar-refractivity contribution in [1.29, 1.82) is 0 Å². The minimum atomic E-state index is -0.976. The van der Waals surface area contributed by atoms with Crippen LogP contribution in [0.5, 0.6) is 0 Å². The fourth-order valence-electron chi connectivity index (χ4n) is 2.79. The molecule has 1 aliphatic rings. The number of amides is 1. The van der Waals surface area contributed by atoms with Crippen molar-refractivity contribution >= 4 is 5.91 Å². The molecule has 0 fully saturated rings. The van der Waals surface area contributed by atoms with Crippen LogP contribution >= 0.6 is 0 Å². The lowest BCUT2D eigenvalue weighted by molar-refractivity contribution is 0.0371. The lowest BCUT2D eigenvalue weighted by Gasteiger charge is -2.27. The third kappa shape index (κ3) is 2.21. The van der Waals surface area contributed by atoms with Crippen LogP contribution in [0.3, 0.4) is 0 Å². The van der Waals surface area contributed by atoms with Crippen molar-refractivity contribution in [2.24, 2.45) is 0 Å². The summed E-state index contributed by atoms with van der Waals surface area (Å²) in [6.45, 7) is 1.79. The first-order valence-electron chi connectivity index (χ1n) is 6.75. The van der Waals surface area contributed by atoms with Crippen LogP contribution in [0, 0.1) is 0 Å². The molecule has 2 N–H and O–H groups in total. The van der Waals surface area contributed by atoms with E-state index >= 15 is 0 Å². The summed E-state index contributed by atoms with van der Waals surface area (Å²) in [5.41, 5.74) is 1.56. The molecule has 20 heavy (non-hydrogen) atoms. The second-order valence-electron chi connectivity index (χ2n) is 5.46. The highest BCUT2D eigenvalue weighted by Gasteiger charge is 2.34. The van der Waals surface area contributed by atoms with Gasteiger partial charge in [-0.3, -0.25) is 4.79 Å². The minimum Gasteiger partial charge on any atom is -0.385 e. The van der Waals surface area contributed by atoms with Crippen molar-refractivity contribution in [3.63, 3.8) is 0 Å². The van der Waals surface area contributed by atoms with Crippen LogP contribution < -0.4 is 5.32 Å². The average Bonchev–Trinajstić information content (AvgIpc) is 2.76. The molecule has 2 atom stereocenters. The van der Waals surface area contributed by atoms with E-state index in [0.29, 0.717) is 12.0 Å². The van der Waals surface area contributed by atoms with Gasteiger partial charge in [-0.25, -0.2) is 0 Å². The molecule has 3 heteroatoms. The van der Waals surface area contributed by atoms with E-state index in [1.807, 2.05) is 54.6 Å². The molecule has 102 valence electrons. The maximum absolute atomic E-state index is 11.9. The summed E-state index contributed by atoms with van der Waals surface area (Å²) >= 11 is 0. The Morgan fingerprint density at radius 2 is 1.75 bits per heavy atom. The number of hydrogen-bond donors (Lipinski definition) is 2. The number of nitrogens with one attached hydrogen (secondary N) is 1. The molecular weight excluding hydrogens is 250 g/mol. The summed E-state index contributed by atoms with van der Waals surface area (Å²) in [4.78, 5) is 11.9. The Kier molecular flexibility index (Phi) is 3.07. The maximum Gasteiger partial charge on any atom is 0.252 e. The van der Waals surface area contributed by atoms with Gasteiger partial charge in [0.15, 0.2) is 0 Å². The molecule has 2 aromatic carbocycles. The number of benzene rings is 2. The van der Waals surface area contributed by atoms with Crippen molar-refractivity contribution in [3.8, 4) is 0 Å². The predicted molar refractivity (Wildman–Crippen MR) is 77.3 cm³/mol. The summed E-state index contributed by atoms with van der Waals surface area (Å²) in [5, 5.41) is 13.7. The average molecular weight is 267 g/mol. The molecule has 1 amide bonds. The van der Waals surface area contributed by atoms with Gasteiger partial charge in [0, 0.05) is 12.0 Å². The molecule has 1 heterocycles. The number of aliphatic hydroxyl groups is 1. The summed E-state index contributed by atoms with van der Waals surface area (Å²) < 4.78 is 0. The number of carbonyl (C=O) groups is 1. The molecule has 2 unspecified atom stereocenters. The third-order valence-electron chi connectivity index (χ3n) is 3.88. The number of carbonyl (C=O) groups excluding carboxylic acids is 1. The molecule has 0 spiro atoms. The van der Waals surface area contributed by atoms with E-state index in [-0.39, 0.29) is 11.9 Å². The van der Waals surface area contributed by atoms with Gasteiger partial charge < -0.3 is 10.4 Å². The first kappa shape index (κ1) is 12.9. The SMILES string of the molecule is CC(O)(CC1NC(=O)c2ccccc21)c1ccccc1. The van der Waals surface area contributed by atoms with Crippen molar-refractivity contribution in [1.82, 2.24) is 5.32 Å². The molecule has 1 aliphatic heterocycles. The zero-order valence-electron chi connectivity index (χ0n) is 11.3. The quantitative estimate of drug-likeness (QED) is 0.898. The van der Waals surface area contributed by atoms with E-state index < -0.39 is 5.60 Å². The van der Waals surface area contributed by atoms with Crippen LogP contribution in [0.15, 0.2) is 54.6 Å². The predicted octanol–water partition coefficient (Wildman–Crippen LogP) is 2.77. The molecule has 3 rings (SSSR count). The number of fused-ring (bicyclic) bond motifs is 1. The normalized spacial score (nSPS) is 20.1. The third-order valence-corrected chi connectivity index (χ3v) is 3.88. The summed E-state index contributed by atoms with van der Waals surface area (Å²) in [6, 6.07) is 16.9. The first-order chi connectivity index (χ1) is 9.58. The van der Waals surface area contributed by atoms with Crippen molar-refractivity contribution in [2.75, 3.05) is 0 Å². The van der Waals surface area contributed by atoms with E-state index in [4.69, 9.17) is 0 Å². The molecule has 0 radical (unpaired) electrons. The number of hydrogen-bond acceptors (Lipinski definition) is 2. The van der Waals surface area contributed by atoms with Gasteiger partial charge in [0.25, 0.3) is 5.91 Å². The molecule has 0 aromatic heterocycles. The Morgan fingerprint density at radius 1 is 1.10 bits per heavy atom. The zero-order valence-corrected chi connectivity index (χ0v) is 11.3. The van der Waals surface area contributed by atoms with Crippen LogP contribution in [0.25, 0.3) is 0 Å². The monoisotopic (exact) mass is 267 g/mol. The van der Waals surface area contributed by atoms with E-state index in [9.17, 15) is 9.90 Å². The second-order valence-corrected chi connectivity index (χ2v) is 5.46. The minimum absolute atomic E-state index is 0.0607. The smallest absolute Gasteiger partial charge is 0.252 e. The van der Waals surface area contributed by atoms with Crippen LogP contribution in [-0.2, 0) is 5.60 Å².